The second kappa shape index (κ2) is 13.3. The SMILES string of the molecule is CCCCCCCCCCCCN(NS(=O)(=O)c1ccccc1)c1ccc2ccccc2n1. The molecule has 0 amide bonds. The summed E-state index contributed by atoms with van der Waals surface area (Å²) in [6.07, 6.45) is 12.3. The van der Waals surface area contributed by atoms with E-state index in [1.807, 2.05) is 42.5 Å². The first-order valence-electron chi connectivity index (χ1n) is 12.3. The van der Waals surface area contributed by atoms with Gasteiger partial charge in [0, 0.05) is 11.9 Å². The molecular formula is C27H37N3O2S. The van der Waals surface area contributed by atoms with E-state index in [1.54, 1.807) is 29.3 Å². The summed E-state index contributed by atoms with van der Waals surface area (Å²) in [5.41, 5.74) is 0.849. The minimum Gasteiger partial charge on any atom is -0.278 e. The van der Waals surface area contributed by atoms with Crippen molar-refractivity contribution >= 4 is 26.7 Å². The normalized spacial score (nSPS) is 11.7. The standard InChI is InChI=1S/C27H37N3O2S/c1-2-3-4-5-6-7-8-9-10-16-23-30(29-33(31,32)25-18-12-11-13-19-25)27-22-21-24-17-14-15-20-26(24)28-27/h11-15,17-22,29H,2-10,16,23H2,1H3. The number of aromatic nitrogens is 1. The van der Waals surface area contributed by atoms with E-state index in [1.165, 1.54) is 51.4 Å². The number of sulfonamides is 1. The number of hydrogen-bond acceptors (Lipinski definition) is 4. The summed E-state index contributed by atoms with van der Waals surface area (Å²) in [6.45, 7) is 2.82. The number of hydrogen-bond donors (Lipinski definition) is 1. The Morgan fingerprint density at radius 2 is 1.33 bits per heavy atom. The van der Waals surface area contributed by atoms with Crippen LogP contribution in [0.25, 0.3) is 10.9 Å². The number of unbranched alkanes of at least 4 members (excludes halogenated alkanes) is 9. The largest absolute Gasteiger partial charge is 0.278 e. The lowest BCUT2D eigenvalue weighted by atomic mass is 10.1. The summed E-state index contributed by atoms with van der Waals surface area (Å²) >= 11 is 0. The first kappa shape index (κ1) is 25.2. The molecule has 0 unspecified atom stereocenters. The molecule has 33 heavy (non-hydrogen) atoms. The fourth-order valence-electron chi connectivity index (χ4n) is 3.97. The van der Waals surface area contributed by atoms with Crippen LogP contribution >= 0.6 is 0 Å². The molecule has 0 fully saturated rings. The second-order valence-electron chi connectivity index (χ2n) is 8.60. The Bertz CT molecular complexity index is 1070. The number of nitrogens with zero attached hydrogens (tertiary/aromatic N) is 2. The van der Waals surface area contributed by atoms with Gasteiger partial charge >= 0.3 is 0 Å². The lowest BCUT2D eigenvalue weighted by Gasteiger charge is -2.24. The molecule has 1 aromatic heterocycles. The van der Waals surface area contributed by atoms with Gasteiger partial charge in [0.05, 0.1) is 10.4 Å². The van der Waals surface area contributed by atoms with Gasteiger partial charge in [0.25, 0.3) is 10.0 Å². The van der Waals surface area contributed by atoms with Crippen LogP contribution < -0.4 is 9.84 Å². The number of hydrazine groups is 1. The van der Waals surface area contributed by atoms with Crippen LogP contribution in [0.2, 0.25) is 0 Å². The molecule has 1 N–H and O–H groups in total. The molecule has 0 aliphatic rings. The molecule has 0 saturated heterocycles. The van der Waals surface area contributed by atoms with Crippen LogP contribution in [0.1, 0.15) is 71.1 Å². The maximum atomic E-state index is 13.0. The van der Waals surface area contributed by atoms with E-state index in [-0.39, 0.29) is 4.90 Å². The lowest BCUT2D eigenvalue weighted by molar-refractivity contribution is 0.545. The number of pyridine rings is 1. The zero-order chi connectivity index (χ0) is 23.4. The number of rotatable bonds is 15. The van der Waals surface area contributed by atoms with Crippen molar-refractivity contribution in [2.24, 2.45) is 0 Å². The summed E-state index contributed by atoms with van der Waals surface area (Å²) < 4.78 is 26.0. The molecule has 0 atom stereocenters. The van der Waals surface area contributed by atoms with Gasteiger partial charge in [-0.05, 0) is 36.8 Å². The Balaban J connectivity index is 1.60. The number of fused-ring (bicyclic) bond motifs is 1. The van der Waals surface area contributed by atoms with Crippen LogP contribution in [-0.2, 0) is 10.0 Å². The van der Waals surface area contributed by atoms with E-state index in [2.05, 4.69) is 11.8 Å². The molecule has 0 aliphatic carbocycles. The number of nitrogens with one attached hydrogen (secondary N) is 1. The number of benzene rings is 2. The Morgan fingerprint density at radius 3 is 2.03 bits per heavy atom. The predicted octanol–water partition coefficient (Wildman–Crippen LogP) is 6.86. The second-order valence-corrected chi connectivity index (χ2v) is 10.3. The van der Waals surface area contributed by atoms with Gasteiger partial charge in [0.2, 0.25) is 0 Å². The molecule has 1 heterocycles. The summed E-state index contributed by atoms with van der Waals surface area (Å²) in [5, 5.41) is 2.71. The Kier molecular flexibility index (Phi) is 10.2. The smallest absolute Gasteiger partial charge is 0.257 e. The number of anilines is 1. The minimum absolute atomic E-state index is 0.249. The van der Waals surface area contributed by atoms with E-state index < -0.39 is 10.0 Å². The monoisotopic (exact) mass is 467 g/mol. The van der Waals surface area contributed by atoms with Crippen LogP contribution in [-0.4, -0.2) is 19.9 Å². The Morgan fingerprint density at radius 1 is 0.727 bits per heavy atom. The molecule has 0 radical (unpaired) electrons. The van der Waals surface area contributed by atoms with E-state index in [9.17, 15) is 8.42 Å². The van der Waals surface area contributed by atoms with Gasteiger partial charge < -0.3 is 0 Å². The van der Waals surface area contributed by atoms with E-state index in [0.29, 0.717) is 12.4 Å². The minimum atomic E-state index is -3.69. The third-order valence-electron chi connectivity index (χ3n) is 5.88. The van der Waals surface area contributed by atoms with Crippen molar-refractivity contribution < 1.29 is 8.42 Å². The fourth-order valence-corrected chi connectivity index (χ4v) is 5.06. The van der Waals surface area contributed by atoms with Gasteiger partial charge in [-0.2, -0.15) is 0 Å². The van der Waals surface area contributed by atoms with Crippen molar-refractivity contribution in [3.05, 3.63) is 66.7 Å². The van der Waals surface area contributed by atoms with Crippen molar-refractivity contribution in [2.75, 3.05) is 11.6 Å². The Labute approximate surface area is 199 Å². The molecule has 3 rings (SSSR count). The van der Waals surface area contributed by atoms with Crippen LogP contribution in [0.4, 0.5) is 5.82 Å². The van der Waals surface area contributed by atoms with Crippen LogP contribution in [0.3, 0.4) is 0 Å². The van der Waals surface area contributed by atoms with Gasteiger partial charge in [0.1, 0.15) is 5.82 Å². The average molecular weight is 468 g/mol. The zero-order valence-corrected chi connectivity index (χ0v) is 20.6. The van der Waals surface area contributed by atoms with Crippen molar-refractivity contribution in [3.63, 3.8) is 0 Å². The molecule has 2 aromatic carbocycles. The van der Waals surface area contributed by atoms with Crippen molar-refractivity contribution in [3.8, 4) is 0 Å². The fraction of sp³-hybridized carbons (Fsp3) is 0.444. The maximum Gasteiger partial charge on any atom is 0.257 e. The summed E-state index contributed by atoms with van der Waals surface area (Å²) in [6, 6.07) is 20.2. The highest BCUT2D eigenvalue weighted by molar-refractivity contribution is 7.89. The molecule has 0 saturated carbocycles. The van der Waals surface area contributed by atoms with Crippen LogP contribution in [0.5, 0.6) is 0 Å². The molecule has 3 aromatic rings. The van der Waals surface area contributed by atoms with Crippen LogP contribution in [0, 0.1) is 0 Å². The molecule has 0 aliphatic heterocycles. The average Bonchev–Trinajstić information content (AvgIpc) is 2.84. The molecule has 0 bridgehead atoms. The highest BCUT2D eigenvalue weighted by Crippen LogP contribution is 2.19. The van der Waals surface area contributed by atoms with E-state index in [4.69, 9.17) is 4.98 Å². The molecule has 5 nitrogen and oxygen atoms in total. The van der Waals surface area contributed by atoms with Gasteiger partial charge in [-0.3, -0.25) is 5.01 Å². The van der Waals surface area contributed by atoms with Gasteiger partial charge in [-0.1, -0.05) is 101 Å². The molecular weight excluding hydrogens is 430 g/mol. The van der Waals surface area contributed by atoms with Gasteiger partial charge in [-0.15, -0.1) is 4.83 Å². The summed E-state index contributed by atoms with van der Waals surface area (Å²) in [4.78, 5) is 7.73. The van der Waals surface area contributed by atoms with Crippen molar-refractivity contribution in [1.29, 1.82) is 0 Å². The third-order valence-corrected chi connectivity index (χ3v) is 7.23. The van der Waals surface area contributed by atoms with Crippen molar-refractivity contribution in [1.82, 2.24) is 9.82 Å². The first-order valence-corrected chi connectivity index (χ1v) is 13.8. The summed E-state index contributed by atoms with van der Waals surface area (Å²) in [5.74, 6) is 0.615. The topological polar surface area (TPSA) is 62.3 Å². The van der Waals surface area contributed by atoms with E-state index in [0.717, 1.165) is 23.7 Å². The first-order chi connectivity index (χ1) is 16.1. The third kappa shape index (κ3) is 8.13. The molecule has 178 valence electrons. The molecule has 0 spiro atoms. The lowest BCUT2D eigenvalue weighted by Crippen LogP contribution is -2.43. The highest BCUT2D eigenvalue weighted by Gasteiger charge is 2.19. The molecule has 6 heteroatoms. The highest BCUT2D eigenvalue weighted by atomic mass is 32.2. The predicted molar refractivity (Wildman–Crippen MR) is 138 cm³/mol. The Hall–Kier alpha value is -2.44. The number of para-hydroxylation sites is 1. The van der Waals surface area contributed by atoms with Crippen LogP contribution in [0.15, 0.2) is 71.6 Å². The van der Waals surface area contributed by atoms with Gasteiger partial charge in [0.15, 0.2) is 0 Å². The zero-order valence-electron chi connectivity index (χ0n) is 19.7. The summed E-state index contributed by atoms with van der Waals surface area (Å²) in [7, 11) is -3.69. The van der Waals surface area contributed by atoms with E-state index >= 15 is 0 Å². The van der Waals surface area contributed by atoms with Gasteiger partial charge in [-0.25, -0.2) is 13.4 Å². The quantitative estimate of drug-likeness (QED) is 0.196. The van der Waals surface area contributed by atoms with Crippen molar-refractivity contribution in [2.45, 2.75) is 76.0 Å². The maximum absolute atomic E-state index is 13.0.